The zero-order valence-electron chi connectivity index (χ0n) is 22.0. The molecule has 0 saturated carbocycles. The van der Waals surface area contributed by atoms with E-state index < -0.39 is 36.2 Å². The summed E-state index contributed by atoms with van der Waals surface area (Å²) in [6, 6.07) is 18.7. The van der Waals surface area contributed by atoms with E-state index in [1.807, 2.05) is 0 Å². The lowest BCUT2D eigenvalue weighted by molar-refractivity contribution is -0.147. The number of benzene rings is 3. The molecule has 4 rings (SSSR count). The fraction of sp³-hybridized carbons (Fsp3) is 0.233. The van der Waals surface area contributed by atoms with Crippen molar-refractivity contribution < 1.29 is 42.9 Å². The maximum Gasteiger partial charge on any atom is 0.343 e. The monoisotopic (exact) mass is 545 g/mol. The summed E-state index contributed by atoms with van der Waals surface area (Å²) in [5.74, 6) is -2.39. The second-order valence-electron chi connectivity index (χ2n) is 8.85. The molecule has 1 aliphatic heterocycles. The van der Waals surface area contributed by atoms with Crippen LogP contribution in [0.5, 0.6) is 11.5 Å². The van der Waals surface area contributed by atoms with E-state index in [-0.39, 0.29) is 36.8 Å². The van der Waals surface area contributed by atoms with Crippen LogP contribution >= 0.6 is 0 Å². The van der Waals surface area contributed by atoms with E-state index in [0.29, 0.717) is 22.6 Å². The van der Waals surface area contributed by atoms with Gasteiger partial charge >= 0.3 is 17.9 Å². The first-order valence-corrected chi connectivity index (χ1v) is 12.5. The highest BCUT2D eigenvalue weighted by atomic mass is 16.5. The van der Waals surface area contributed by atoms with E-state index in [4.69, 9.17) is 18.9 Å². The third-order valence-corrected chi connectivity index (χ3v) is 6.19. The molecule has 3 aromatic rings. The highest BCUT2D eigenvalue weighted by Gasteiger charge is 2.36. The number of anilines is 1. The van der Waals surface area contributed by atoms with E-state index in [0.717, 1.165) is 0 Å². The number of amides is 1. The molecule has 0 spiro atoms. The molecule has 10 nitrogen and oxygen atoms in total. The summed E-state index contributed by atoms with van der Waals surface area (Å²) >= 11 is 0. The number of hydrogen-bond acceptors (Lipinski definition) is 9. The molecule has 1 aliphatic rings. The molecule has 0 bridgehead atoms. The van der Waals surface area contributed by atoms with Crippen LogP contribution in [0.25, 0.3) is 0 Å². The van der Waals surface area contributed by atoms with Gasteiger partial charge in [-0.3, -0.25) is 14.4 Å². The Morgan fingerprint density at radius 1 is 0.825 bits per heavy atom. The van der Waals surface area contributed by atoms with E-state index in [1.54, 1.807) is 55.5 Å². The van der Waals surface area contributed by atoms with Gasteiger partial charge in [-0.1, -0.05) is 6.07 Å². The minimum Gasteiger partial charge on any atom is -0.497 e. The van der Waals surface area contributed by atoms with Crippen molar-refractivity contribution in [2.45, 2.75) is 13.3 Å². The molecule has 10 heteroatoms. The molecule has 1 fully saturated rings. The average molecular weight is 546 g/mol. The lowest BCUT2D eigenvalue weighted by Gasteiger charge is -2.17. The molecule has 1 atom stereocenters. The van der Waals surface area contributed by atoms with Crippen LogP contribution in [0.15, 0.2) is 72.8 Å². The predicted molar refractivity (Wildman–Crippen MR) is 143 cm³/mol. The molecule has 0 radical (unpaired) electrons. The number of Topliss-reactive ketones (excluding diaryl/α,β-unsaturated/α-hetero) is 1. The van der Waals surface area contributed by atoms with Gasteiger partial charge in [-0.15, -0.1) is 0 Å². The summed E-state index contributed by atoms with van der Waals surface area (Å²) in [5, 5.41) is 0. The number of methoxy groups -OCH3 is 1. The van der Waals surface area contributed by atoms with E-state index in [1.165, 1.54) is 36.3 Å². The largest absolute Gasteiger partial charge is 0.497 e. The molecule has 1 heterocycles. The fourth-order valence-corrected chi connectivity index (χ4v) is 4.07. The van der Waals surface area contributed by atoms with Gasteiger partial charge in [-0.25, -0.2) is 9.59 Å². The lowest BCUT2D eigenvalue weighted by atomic mass is 10.1. The molecule has 0 aliphatic carbocycles. The summed E-state index contributed by atoms with van der Waals surface area (Å²) in [6.45, 7) is 1.56. The number of hydrogen-bond donors (Lipinski definition) is 0. The van der Waals surface area contributed by atoms with Crippen molar-refractivity contribution >= 4 is 35.3 Å². The van der Waals surface area contributed by atoms with Crippen molar-refractivity contribution in [3.05, 3.63) is 89.5 Å². The molecular weight excluding hydrogens is 518 g/mol. The normalized spacial score (nSPS) is 14.4. The van der Waals surface area contributed by atoms with Crippen molar-refractivity contribution in [3.63, 3.8) is 0 Å². The number of esters is 3. The maximum absolute atomic E-state index is 12.6. The van der Waals surface area contributed by atoms with Crippen LogP contribution < -0.4 is 14.4 Å². The molecule has 1 saturated heterocycles. The topological polar surface area (TPSA) is 126 Å². The van der Waals surface area contributed by atoms with Gasteiger partial charge in [0.15, 0.2) is 12.4 Å². The Kier molecular flexibility index (Phi) is 8.90. The van der Waals surface area contributed by atoms with Crippen LogP contribution in [0.4, 0.5) is 5.69 Å². The number of ketones is 1. The number of carbonyl (C=O) groups is 5. The first-order valence-electron chi connectivity index (χ1n) is 12.5. The highest BCUT2D eigenvalue weighted by Crippen LogP contribution is 2.26. The number of rotatable bonds is 10. The summed E-state index contributed by atoms with van der Waals surface area (Å²) in [5.41, 5.74) is 1.47. The van der Waals surface area contributed by atoms with Crippen molar-refractivity contribution in [1.82, 2.24) is 0 Å². The third kappa shape index (κ3) is 6.71. The number of nitrogens with zero attached hydrogens (tertiary/aromatic N) is 1. The Labute approximate surface area is 230 Å². The Hall–Kier alpha value is -4.99. The molecule has 40 heavy (non-hydrogen) atoms. The molecule has 3 aromatic carbocycles. The predicted octanol–water partition coefficient (Wildman–Crippen LogP) is 3.87. The highest BCUT2D eigenvalue weighted by molar-refractivity contribution is 6.01. The molecule has 0 unspecified atom stereocenters. The standard InChI is InChI=1S/C30H27NO9/c1-3-38-28(34)20-7-11-23(12-8-20)31-17-22(16-27(31)33)29(35)39-18-26(32)19-9-13-24(14-10-19)40-30(36)21-5-4-6-25(15-21)37-2/h4-15,22H,3,16-18H2,1-2H3/t22-/m1/s1. The zero-order chi connectivity index (χ0) is 28.6. The smallest absolute Gasteiger partial charge is 0.343 e. The molecule has 1 amide bonds. The van der Waals surface area contributed by atoms with Crippen molar-refractivity contribution in [3.8, 4) is 11.5 Å². The van der Waals surface area contributed by atoms with E-state index >= 15 is 0 Å². The van der Waals surface area contributed by atoms with Crippen molar-refractivity contribution in [2.75, 3.05) is 31.8 Å². The quantitative estimate of drug-likeness (QED) is 0.212. The molecule has 0 aromatic heterocycles. The Bertz CT molecular complexity index is 1410. The van der Waals surface area contributed by atoms with Crippen molar-refractivity contribution in [2.24, 2.45) is 5.92 Å². The summed E-state index contributed by atoms with van der Waals surface area (Å²) in [4.78, 5) is 63.3. The van der Waals surface area contributed by atoms with Gasteiger partial charge < -0.3 is 23.8 Å². The van der Waals surface area contributed by atoms with Crippen LogP contribution in [-0.4, -0.2) is 56.5 Å². The van der Waals surface area contributed by atoms with Crippen LogP contribution in [0.2, 0.25) is 0 Å². The maximum atomic E-state index is 12.6. The second-order valence-corrected chi connectivity index (χ2v) is 8.85. The summed E-state index contributed by atoms with van der Waals surface area (Å²) in [6.07, 6.45) is -0.0556. The molecule has 0 N–H and O–H groups in total. The first kappa shape index (κ1) is 28.0. The van der Waals surface area contributed by atoms with Gasteiger partial charge in [0.05, 0.1) is 30.8 Å². The zero-order valence-corrected chi connectivity index (χ0v) is 22.0. The lowest BCUT2D eigenvalue weighted by Crippen LogP contribution is -2.27. The van der Waals surface area contributed by atoms with Gasteiger partial charge in [0.2, 0.25) is 5.91 Å². The van der Waals surface area contributed by atoms with Gasteiger partial charge in [0.1, 0.15) is 11.5 Å². The fourth-order valence-electron chi connectivity index (χ4n) is 4.07. The van der Waals surface area contributed by atoms with Gasteiger partial charge in [0, 0.05) is 24.2 Å². The van der Waals surface area contributed by atoms with Gasteiger partial charge in [-0.05, 0) is 73.7 Å². The van der Waals surface area contributed by atoms with Crippen LogP contribution in [0, 0.1) is 5.92 Å². The second kappa shape index (κ2) is 12.7. The average Bonchev–Trinajstić information content (AvgIpc) is 3.37. The molecule has 206 valence electrons. The Morgan fingerprint density at radius 3 is 2.20 bits per heavy atom. The van der Waals surface area contributed by atoms with Crippen LogP contribution in [0.3, 0.4) is 0 Å². The van der Waals surface area contributed by atoms with E-state index in [9.17, 15) is 24.0 Å². The van der Waals surface area contributed by atoms with Crippen LogP contribution in [0.1, 0.15) is 44.4 Å². The summed E-state index contributed by atoms with van der Waals surface area (Å²) in [7, 11) is 1.49. The third-order valence-electron chi connectivity index (χ3n) is 6.19. The Balaban J connectivity index is 1.28. The molecular formula is C30H27NO9. The van der Waals surface area contributed by atoms with Crippen molar-refractivity contribution in [1.29, 1.82) is 0 Å². The Morgan fingerprint density at radius 2 is 1.52 bits per heavy atom. The van der Waals surface area contributed by atoms with E-state index in [2.05, 4.69) is 0 Å². The number of ether oxygens (including phenoxy) is 4. The van der Waals surface area contributed by atoms with Crippen LogP contribution in [-0.2, 0) is 19.1 Å². The summed E-state index contributed by atoms with van der Waals surface area (Å²) < 4.78 is 20.6. The minimum atomic E-state index is -0.733. The number of carbonyl (C=O) groups excluding carboxylic acids is 5. The van der Waals surface area contributed by atoms with Gasteiger partial charge in [-0.2, -0.15) is 0 Å². The minimum absolute atomic E-state index is 0.0556. The SMILES string of the molecule is CCOC(=O)c1ccc(N2C[C@H](C(=O)OCC(=O)c3ccc(OC(=O)c4cccc(OC)c4)cc3)CC2=O)cc1. The van der Waals surface area contributed by atoms with Gasteiger partial charge in [0.25, 0.3) is 0 Å². The first-order chi connectivity index (χ1) is 19.3.